The minimum absolute atomic E-state index is 0.140. The van der Waals surface area contributed by atoms with Crippen LogP contribution >= 0.6 is 0 Å². The predicted octanol–water partition coefficient (Wildman–Crippen LogP) is 1.39. The van der Waals surface area contributed by atoms with Crippen LogP contribution in [0.5, 0.6) is 11.5 Å². The number of hydrogen-bond acceptors (Lipinski definition) is 5. The van der Waals surface area contributed by atoms with Crippen molar-refractivity contribution in [2.75, 3.05) is 27.4 Å². The molecule has 0 saturated heterocycles. The molecule has 110 valence electrons. The second-order valence-electron chi connectivity index (χ2n) is 3.91. The summed E-state index contributed by atoms with van der Waals surface area (Å²) in [5, 5.41) is 2.64. The van der Waals surface area contributed by atoms with Gasteiger partial charge in [0.1, 0.15) is 11.5 Å². The summed E-state index contributed by atoms with van der Waals surface area (Å²) in [5.74, 6) is 0.419. The van der Waals surface area contributed by atoms with Gasteiger partial charge in [-0.05, 0) is 19.1 Å². The molecule has 1 amide bonds. The normalized spacial score (nSPS) is 9.75. The third-order valence-corrected chi connectivity index (χ3v) is 2.53. The molecule has 1 aromatic rings. The largest absolute Gasteiger partial charge is 0.497 e. The summed E-state index contributed by atoms with van der Waals surface area (Å²) in [6, 6.07) is 4.87. The van der Waals surface area contributed by atoms with E-state index in [2.05, 4.69) is 5.32 Å². The van der Waals surface area contributed by atoms with E-state index < -0.39 is 0 Å². The number of carbonyl (C=O) groups is 2. The van der Waals surface area contributed by atoms with Gasteiger partial charge in [-0.2, -0.15) is 0 Å². The van der Waals surface area contributed by atoms with Gasteiger partial charge < -0.3 is 19.5 Å². The molecule has 0 atom stereocenters. The number of ether oxygens (including phenoxy) is 3. The average molecular weight is 281 g/mol. The van der Waals surface area contributed by atoms with Crippen LogP contribution in [0.4, 0.5) is 0 Å². The summed E-state index contributed by atoms with van der Waals surface area (Å²) < 4.78 is 14.9. The van der Waals surface area contributed by atoms with Crippen LogP contribution in [-0.4, -0.2) is 39.2 Å². The Bertz CT molecular complexity index is 450. The lowest BCUT2D eigenvalue weighted by molar-refractivity contribution is -0.142. The lowest BCUT2D eigenvalue weighted by Crippen LogP contribution is -2.26. The van der Waals surface area contributed by atoms with Gasteiger partial charge in [0.15, 0.2) is 0 Å². The first-order valence-electron chi connectivity index (χ1n) is 6.27. The maximum absolute atomic E-state index is 11.9. The molecule has 0 aliphatic heterocycles. The fourth-order valence-electron chi connectivity index (χ4n) is 1.55. The van der Waals surface area contributed by atoms with Crippen molar-refractivity contribution in [1.82, 2.24) is 5.32 Å². The third kappa shape index (κ3) is 4.79. The minimum Gasteiger partial charge on any atom is -0.497 e. The van der Waals surface area contributed by atoms with E-state index in [-0.39, 0.29) is 24.8 Å². The highest BCUT2D eigenvalue weighted by atomic mass is 16.5. The van der Waals surface area contributed by atoms with Crippen LogP contribution in [0.15, 0.2) is 18.2 Å². The first-order chi connectivity index (χ1) is 9.60. The van der Waals surface area contributed by atoms with Crippen molar-refractivity contribution in [2.24, 2.45) is 0 Å². The lowest BCUT2D eigenvalue weighted by atomic mass is 10.2. The Balaban J connectivity index is 2.60. The zero-order valence-electron chi connectivity index (χ0n) is 11.9. The average Bonchev–Trinajstić information content (AvgIpc) is 2.46. The molecule has 0 heterocycles. The summed E-state index contributed by atoms with van der Waals surface area (Å²) in [4.78, 5) is 23.1. The predicted molar refractivity (Wildman–Crippen MR) is 73.1 cm³/mol. The SMILES string of the molecule is CCOC(=O)CCNC(=O)c1cc(OC)cc(OC)c1. The molecular weight excluding hydrogens is 262 g/mol. The molecule has 0 aliphatic carbocycles. The van der Waals surface area contributed by atoms with Crippen LogP contribution in [0.1, 0.15) is 23.7 Å². The molecular formula is C14H19NO5. The minimum atomic E-state index is -0.337. The molecule has 1 N–H and O–H groups in total. The van der Waals surface area contributed by atoms with Gasteiger partial charge in [0.05, 0.1) is 27.2 Å². The molecule has 0 aromatic heterocycles. The highest BCUT2D eigenvalue weighted by Gasteiger charge is 2.10. The smallest absolute Gasteiger partial charge is 0.307 e. The Morgan fingerprint density at radius 3 is 2.20 bits per heavy atom. The number of esters is 1. The number of hydrogen-bond donors (Lipinski definition) is 1. The molecule has 0 radical (unpaired) electrons. The first kappa shape index (κ1) is 15.8. The number of carbonyl (C=O) groups excluding carboxylic acids is 2. The van der Waals surface area contributed by atoms with Crippen molar-refractivity contribution in [1.29, 1.82) is 0 Å². The molecule has 20 heavy (non-hydrogen) atoms. The zero-order valence-corrected chi connectivity index (χ0v) is 11.9. The standard InChI is InChI=1S/C14H19NO5/c1-4-20-13(16)5-6-15-14(17)10-7-11(18-2)9-12(8-10)19-3/h7-9H,4-6H2,1-3H3,(H,15,17). The number of benzene rings is 1. The fourth-order valence-corrected chi connectivity index (χ4v) is 1.55. The highest BCUT2D eigenvalue weighted by molar-refractivity contribution is 5.95. The zero-order chi connectivity index (χ0) is 15.0. The molecule has 0 spiro atoms. The quantitative estimate of drug-likeness (QED) is 0.764. The second-order valence-corrected chi connectivity index (χ2v) is 3.91. The van der Waals surface area contributed by atoms with E-state index in [0.29, 0.717) is 23.7 Å². The van der Waals surface area contributed by atoms with Crippen LogP contribution in [0.3, 0.4) is 0 Å². The molecule has 6 heteroatoms. The molecule has 0 fully saturated rings. The first-order valence-corrected chi connectivity index (χ1v) is 6.27. The van der Waals surface area contributed by atoms with Gasteiger partial charge in [0.2, 0.25) is 0 Å². The van der Waals surface area contributed by atoms with Gasteiger partial charge in [-0.25, -0.2) is 0 Å². The number of amides is 1. The van der Waals surface area contributed by atoms with E-state index in [4.69, 9.17) is 14.2 Å². The van der Waals surface area contributed by atoms with E-state index in [1.807, 2.05) is 0 Å². The van der Waals surface area contributed by atoms with Crippen molar-refractivity contribution < 1.29 is 23.8 Å². The Morgan fingerprint density at radius 2 is 1.70 bits per heavy atom. The van der Waals surface area contributed by atoms with E-state index in [1.54, 1.807) is 25.1 Å². The summed E-state index contributed by atoms with van der Waals surface area (Å²) in [7, 11) is 3.02. The van der Waals surface area contributed by atoms with Crippen molar-refractivity contribution in [2.45, 2.75) is 13.3 Å². The highest BCUT2D eigenvalue weighted by Crippen LogP contribution is 2.22. The molecule has 1 aromatic carbocycles. The van der Waals surface area contributed by atoms with Gasteiger partial charge in [0.25, 0.3) is 5.91 Å². The number of rotatable bonds is 7. The van der Waals surface area contributed by atoms with Crippen molar-refractivity contribution >= 4 is 11.9 Å². The van der Waals surface area contributed by atoms with E-state index in [9.17, 15) is 9.59 Å². The molecule has 0 unspecified atom stereocenters. The summed E-state index contributed by atoms with van der Waals surface area (Å²) in [6.45, 7) is 2.29. The molecule has 0 aliphatic rings. The Hall–Kier alpha value is -2.24. The number of nitrogens with one attached hydrogen (secondary N) is 1. The second kappa shape index (κ2) is 8.04. The Morgan fingerprint density at radius 1 is 1.10 bits per heavy atom. The fraction of sp³-hybridized carbons (Fsp3) is 0.429. The van der Waals surface area contributed by atoms with E-state index >= 15 is 0 Å². The summed E-state index contributed by atoms with van der Waals surface area (Å²) in [5.41, 5.74) is 0.407. The summed E-state index contributed by atoms with van der Waals surface area (Å²) in [6.07, 6.45) is 0.140. The van der Waals surface area contributed by atoms with Crippen molar-refractivity contribution in [3.63, 3.8) is 0 Å². The van der Waals surface area contributed by atoms with Crippen LogP contribution < -0.4 is 14.8 Å². The Kier molecular flexibility index (Phi) is 6.36. The van der Waals surface area contributed by atoms with Gasteiger partial charge in [-0.1, -0.05) is 0 Å². The van der Waals surface area contributed by atoms with Crippen LogP contribution in [0, 0.1) is 0 Å². The van der Waals surface area contributed by atoms with Crippen molar-refractivity contribution in [3.05, 3.63) is 23.8 Å². The lowest BCUT2D eigenvalue weighted by Gasteiger charge is -2.09. The van der Waals surface area contributed by atoms with E-state index in [1.165, 1.54) is 14.2 Å². The number of methoxy groups -OCH3 is 2. The topological polar surface area (TPSA) is 73.9 Å². The van der Waals surface area contributed by atoms with E-state index in [0.717, 1.165) is 0 Å². The molecule has 0 bridgehead atoms. The molecule has 6 nitrogen and oxygen atoms in total. The van der Waals surface area contributed by atoms with Gasteiger partial charge in [-0.3, -0.25) is 9.59 Å². The third-order valence-electron chi connectivity index (χ3n) is 2.53. The van der Waals surface area contributed by atoms with Gasteiger partial charge in [-0.15, -0.1) is 0 Å². The monoisotopic (exact) mass is 281 g/mol. The maximum Gasteiger partial charge on any atom is 0.307 e. The van der Waals surface area contributed by atoms with Gasteiger partial charge in [0, 0.05) is 18.2 Å². The van der Waals surface area contributed by atoms with Crippen LogP contribution in [0.2, 0.25) is 0 Å². The van der Waals surface area contributed by atoms with Gasteiger partial charge >= 0.3 is 5.97 Å². The molecule has 0 saturated carbocycles. The van der Waals surface area contributed by atoms with Crippen molar-refractivity contribution in [3.8, 4) is 11.5 Å². The van der Waals surface area contributed by atoms with Crippen LogP contribution in [0.25, 0.3) is 0 Å². The molecule has 1 rings (SSSR count). The summed E-state index contributed by atoms with van der Waals surface area (Å²) >= 11 is 0. The van der Waals surface area contributed by atoms with Crippen LogP contribution in [-0.2, 0) is 9.53 Å². The Labute approximate surface area is 118 Å². The maximum atomic E-state index is 11.9.